The molecule has 0 aliphatic carbocycles. The maximum atomic E-state index is 13.2. The highest BCUT2D eigenvalue weighted by Crippen LogP contribution is 2.22. The van der Waals surface area contributed by atoms with Crippen molar-refractivity contribution in [2.75, 3.05) is 0 Å². The van der Waals surface area contributed by atoms with Gasteiger partial charge in [-0.15, -0.1) is 0 Å². The number of halogens is 1. The van der Waals surface area contributed by atoms with Crippen molar-refractivity contribution in [2.45, 2.75) is 26.3 Å². The van der Waals surface area contributed by atoms with Gasteiger partial charge in [0, 0.05) is 17.8 Å². The van der Waals surface area contributed by atoms with Gasteiger partial charge in [-0.2, -0.15) is 0 Å². The van der Waals surface area contributed by atoms with Crippen LogP contribution in [0, 0.1) is 11.7 Å². The van der Waals surface area contributed by atoms with Crippen molar-refractivity contribution in [2.24, 2.45) is 11.7 Å². The second-order valence-electron chi connectivity index (χ2n) is 3.31. The fourth-order valence-electron chi connectivity index (χ4n) is 1.22. The number of nitrogens with two attached hydrogens (primary N) is 1. The minimum atomic E-state index is -0.310. The molecule has 1 heterocycles. The molecule has 72 valence electrons. The fourth-order valence-corrected chi connectivity index (χ4v) is 1.22. The Morgan fingerprint density at radius 2 is 2.31 bits per heavy atom. The topological polar surface area (TPSA) is 38.9 Å². The zero-order valence-electron chi connectivity index (χ0n) is 8.00. The molecule has 1 rings (SSSR count). The molecule has 0 spiro atoms. The smallest absolute Gasteiger partial charge is 0.146 e. The van der Waals surface area contributed by atoms with Crippen LogP contribution in [-0.4, -0.2) is 4.98 Å². The van der Waals surface area contributed by atoms with Crippen molar-refractivity contribution in [1.29, 1.82) is 0 Å². The Balaban J connectivity index is 2.88. The van der Waals surface area contributed by atoms with E-state index in [9.17, 15) is 4.39 Å². The number of hydrogen-bond acceptors (Lipinski definition) is 2. The average Bonchev–Trinajstić information content (AvgIpc) is 2.16. The normalized spacial score (nSPS) is 15.4. The minimum Gasteiger partial charge on any atom is -0.324 e. The molecule has 0 radical (unpaired) electrons. The molecule has 0 saturated heterocycles. The zero-order chi connectivity index (χ0) is 9.84. The summed E-state index contributed by atoms with van der Waals surface area (Å²) in [5.74, 6) is -0.0211. The van der Waals surface area contributed by atoms with Gasteiger partial charge in [0.1, 0.15) is 5.82 Å². The number of rotatable bonds is 3. The molecule has 3 heteroatoms. The maximum Gasteiger partial charge on any atom is 0.146 e. The van der Waals surface area contributed by atoms with E-state index in [2.05, 4.69) is 4.98 Å². The summed E-state index contributed by atoms with van der Waals surface area (Å²) in [4.78, 5) is 3.68. The molecule has 0 bridgehead atoms. The highest BCUT2D eigenvalue weighted by Gasteiger charge is 2.16. The first-order valence-electron chi connectivity index (χ1n) is 4.51. The van der Waals surface area contributed by atoms with Crippen molar-refractivity contribution in [1.82, 2.24) is 4.98 Å². The van der Waals surface area contributed by atoms with E-state index >= 15 is 0 Å². The summed E-state index contributed by atoms with van der Waals surface area (Å²) in [7, 11) is 0. The van der Waals surface area contributed by atoms with Gasteiger partial charge in [-0.25, -0.2) is 4.39 Å². The summed E-state index contributed by atoms with van der Waals surface area (Å²) in [5, 5.41) is 0. The standard InChI is InChI=1S/C10H15FN2/c1-3-7(2)10(12)8-4-5-13-6-9(8)11/h4-7,10H,3,12H2,1-2H3. The SMILES string of the molecule is CCC(C)C(N)c1ccncc1F. The van der Waals surface area contributed by atoms with Crippen LogP contribution in [0.1, 0.15) is 31.9 Å². The average molecular weight is 182 g/mol. The van der Waals surface area contributed by atoms with E-state index in [1.54, 1.807) is 12.3 Å². The Hall–Kier alpha value is -0.960. The lowest BCUT2D eigenvalue weighted by atomic mass is 9.94. The molecule has 2 nitrogen and oxygen atoms in total. The number of pyridine rings is 1. The highest BCUT2D eigenvalue weighted by atomic mass is 19.1. The highest BCUT2D eigenvalue weighted by molar-refractivity contribution is 5.17. The monoisotopic (exact) mass is 182 g/mol. The largest absolute Gasteiger partial charge is 0.324 e. The van der Waals surface area contributed by atoms with E-state index in [1.165, 1.54) is 6.20 Å². The van der Waals surface area contributed by atoms with Crippen LogP contribution in [0.15, 0.2) is 18.5 Å². The summed E-state index contributed by atoms with van der Waals surface area (Å²) in [6.07, 6.45) is 3.72. The zero-order valence-corrected chi connectivity index (χ0v) is 8.00. The van der Waals surface area contributed by atoms with Crippen LogP contribution >= 0.6 is 0 Å². The first kappa shape index (κ1) is 10.1. The van der Waals surface area contributed by atoms with E-state index < -0.39 is 0 Å². The Kier molecular flexibility index (Phi) is 3.37. The van der Waals surface area contributed by atoms with E-state index in [0.717, 1.165) is 6.42 Å². The summed E-state index contributed by atoms with van der Waals surface area (Å²) >= 11 is 0. The molecule has 0 saturated carbocycles. The van der Waals surface area contributed by atoms with Crippen LogP contribution in [0.5, 0.6) is 0 Å². The Labute approximate surface area is 78.0 Å². The summed E-state index contributed by atoms with van der Waals surface area (Å²) in [5.41, 5.74) is 6.44. The predicted molar refractivity (Wildman–Crippen MR) is 50.6 cm³/mol. The molecule has 1 aromatic rings. The third kappa shape index (κ3) is 2.25. The van der Waals surface area contributed by atoms with Crippen molar-refractivity contribution in [3.63, 3.8) is 0 Å². The lowest BCUT2D eigenvalue weighted by molar-refractivity contribution is 0.438. The van der Waals surface area contributed by atoms with E-state index in [4.69, 9.17) is 5.73 Å². The van der Waals surface area contributed by atoms with Crippen LogP contribution in [-0.2, 0) is 0 Å². The third-order valence-electron chi connectivity index (χ3n) is 2.42. The predicted octanol–water partition coefficient (Wildman–Crippen LogP) is 2.27. The lowest BCUT2D eigenvalue weighted by Gasteiger charge is -2.18. The van der Waals surface area contributed by atoms with Crippen molar-refractivity contribution in [3.05, 3.63) is 29.8 Å². The van der Waals surface area contributed by atoms with Gasteiger partial charge in [0.2, 0.25) is 0 Å². The Morgan fingerprint density at radius 3 is 2.85 bits per heavy atom. The van der Waals surface area contributed by atoms with Crippen LogP contribution in [0.3, 0.4) is 0 Å². The number of nitrogens with zero attached hydrogens (tertiary/aromatic N) is 1. The van der Waals surface area contributed by atoms with Gasteiger partial charge in [-0.3, -0.25) is 4.98 Å². The molecule has 0 aliphatic rings. The van der Waals surface area contributed by atoms with Gasteiger partial charge in [-0.1, -0.05) is 20.3 Å². The molecule has 2 atom stereocenters. The van der Waals surface area contributed by atoms with Crippen LogP contribution in [0.2, 0.25) is 0 Å². The molecular formula is C10H15FN2. The van der Waals surface area contributed by atoms with Crippen LogP contribution < -0.4 is 5.73 Å². The van der Waals surface area contributed by atoms with Crippen molar-refractivity contribution < 1.29 is 4.39 Å². The van der Waals surface area contributed by atoms with E-state index in [0.29, 0.717) is 5.56 Å². The van der Waals surface area contributed by atoms with Gasteiger partial charge < -0.3 is 5.73 Å². The molecule has 0 aromatic carbocycles. The number of aromatic nitrogens is 1. The van der Waals surface area contributed by atoms with Gasteiger partial charge in [0.15, 0.2) is 0 Å². The van der Waals surface area contributed by atoms with Gasteiger partial charge >= 0.3 is 0 Å². The van der Waals surface area contributed by atoms with Gasteiger partial charge in [0.05, 0.1) is 6.20 Å². The van der Waals surface area contributed by atoms with Crippen molar-refractivity contribution in [3.8, 4) is 0 Å². The lowest BCUT2D eigenvalue weighted by Crippen LogP contribution is -2.19. The van der Waals surface area contributed by atoms with E-state index in [-0.39, 0.29) is 17.8 Å². The molecule has 0 aliphatic heterocycles. The van der Waals surface area contributed by atoms with E-state index in [1.807, 2.05) is 13.8 Å². The molecule has 1 aromatic heterocycles. The van der Waals surface area contributed by atoms with Crippen LogP contribution in [0.4, 0.5) is 4.39 Å². The molecular weight excluding hydrogens is 167 g/mol. The molecule has 2 N–H and O–H groups in total. The summed E-state index contributed by atoms with van der Waals surface area (Å²) in [6, 6.07) is 1.42. The second-order valence-corrected chi connectivity index (χ2v) is 3.31. The fraction of sp³-hybridized carbons (Fsp3) is 0.500. The van der Waals surface area contributed by atoms with Gasteiger partial charge in [-0.05, 0) is 12.0 Å². The molecule has 0 amide bonds. The van der Waals surface area contributed by atoms with Crippen LogP contribution in [0.25, 0.3) is 0 Å². The molecule has 13 heavy (non-hydrogen) atoms. The van der Waals surface area contributed by atoms with Gasteiger partial charge in [0.25, 0.3) is 0 Å². The summed E-state index contributed by atoms with van der Waals surface area (Å²) in [6.45, 7) is 4.06. The third-order valence-corrected chi connectivity index (χ3v) is 2.42. The number of hydrogen-bond donors (Lipinski definition) is 1. The van der Waals surface area contributed by atoms with Crippen molar-refractivity contribution >= 4 is 0 Å². The minimum absolute atomic E-state index is 0.229. The summed E-state index contributed by atoms with van der Waals surface area (Å²) < 4.78 is 13.2. The first-order valence-corrected chi connectivity index (χ1v) is 4.51. The Morgan fingerprint density at radius 1 is 1.62 bits per heavy atom. The molecule has 2 unspecified atom stereocenters. The second kappa shape index (κ2) is 4.33. The maximum absolute atomic E-state index is 13.2. The first-order chi connectivity index (χ1) is 6.16. The quantitative estimate of drug-likeness (QED) is 0.778. The molecule has 0 fully saturated rings. The Bertz CT molecular complexity index is 275.